The van der Waals surface area contributed by atoms with Gasteiger partial charge in [0, 0.05) is 43.3 Å². The molecule has 0 saturated heterocycles. The van der Waals surface area contributed by atoms with Gasteiger partial charge in [-0.25, -0.2) is 0 Å². The van der Waals surface area contributed by atoms with E-state index in [4.69, 9.17) is 0 Å². The number of hydrogen-bond acceptors (Lipinski definition) is 2. The maximum absolute atomic E-state index is 2.42. The summed E-state index contributed by atoms with van der Waals surface area (Å²) in [4.78, 5) is 2.42. The minimum atomic E-state index is 1.12. The highest BCUT2D eigenvalue weighted by molar-refractivity contribution is 7.26. The van der Waals surface area contributed by atoms with E-state index < -0.39 is 0 Å². The zero-order chi connectivity index (χ0) is 40.3. The molecule has 0 radical (unpaired) electrons. The average molecular weight is 795 g/mol. The third-order valence-corrected chi connectivity index (χ3v) is 13.4. The van der Waals surface area contributed by atoms with E-state index in [1.165, 1.54) is 97.5 Å². The second-order valence-electron chi connectivity index (χ2n) is 15.7. The monoisotopic (exact) mass is 794 g/mol. The molecule has 12 rings (SSSR count). The Kier molecular flexibility index (Phi) is 8.39. The molecule has 0 saturated carbocycles. The van der Waals surface area contributed by atoms with Gasteiger partial charge in [-0.1, -0.05) is 164 Å². The van der Waals surface area contributed by atoms with Gasteiger partial charge >= 0.3 is 0 Å². The molecule has 3 heteroatoms. The summed E-state index contributed by atoms with van der Waals surface area (Å²) in [7, 11) is 0. The van der Waals surface area contributed by atoms with Crippen LogP contribution in [0.4, 0.5) is 17.1 Å². The van der Waals surface area contributed by atoms with Crippen LogP contribution in [0.2, 0.25) is 0 Å². The van der Waals surface area contributed by atoms with Crippen molar-refractivity contribution in [2.45, 2.75) is 0 Å². The van der Waals surface area contributed by atoms with Crippen LogP contribution in [0.25, 0.3) is 91.8 Å². The summed E-state index contributed by atoms with van der Waals surface area (Å²) in [5.74, 6) is 0. The van der Waals surface area contributed by atoms with Gasteiger partial charge in [0.15, 0.2) is 0 Å². The summed E-state index contributed by atoms with van der Waals surface area (Å²) in [6.45, 7) is 0. The molecule has 0 spiro atoms. The molecule has 286 valence electrons. The Morgan fingerprint density at radius 2 is 0.852 bits per heavy atom. The molecule has 2 aromatic heterocycles. The molecule has 0 aliphatic heterocycles. The quantitative estimate of drug-likeness (QED) is 0.156. The minimum absolute atomic E-state index is 1.12. The van der Waals surface area contributed by atoms with Crippen molar-refractivity contribution < 1.29 is 0 Å². The van der Waals surface area contributed by atoms with Crippen LogP contribution in [0.1, 0.15) is 0 Å². The maximum atomic E-state index is 2.42. The first kappa shape index (κ1) is 35.2. The Hall–Kier alpha value is -7.72. The van der Waals surface area contributed by atoms with Gasteiger partial charge in [-0.15, -0.1) is 11.3 Å². The zero-order valence-electron chi connectivity index (χ0n) is 33.2. The molecule has 0 unspecified atom stereocenters. The number of thiophene rings is 1. The second kappa shape index (κ2) is 14.5. The first-order chi connectivity index (χ1) is 30.3. The van der Waals surface area contributed by atoms with E-state index in [1.807, 2.05) is 11.3 Å². The molecular weight excluding hydrogens is 757 g/mol. The highest BCUT2D eigenvalue weighted by atomic mass is 32.1. The number of benzene rings is 10. The third kappa shape index (κ3) is 5.93. The SMILES string of the molecule is c1ccc(-c2ccc(N(c3ccc(-c4ccc(-c5ccc6c(c5)c5ccccc5n6-c5ccccc5)c5ccccc45)cc3)c3cccc4c3sc3ccccc34)cc2)cc1. The highest BCUT2D eigenvalue weighted by Crippen LogP contribution is 2.46. The van der Waals surface area contributed by atoms with Crippen molar-refractivity contribution in [2.24, 2.45) is 0 Å². The fraction of sp³-hybridized carbons (Fsp3) is 0. The predicted octanol–water partition coefficient (Wildman–Crippen LogP) is 16.8. The molecule has 2 nitrogen and oxygen atoms in total. The van der Waals surface area contributed by atoms with Gasteiger partial charge in [0.1, 0.15) is 0 Å². The number of fused-ring (bicyclic) bond motifs is 7. The average Bonchev–Trinajstić information content (AvgIpc) is 3.88. The number of hydrogen-bond donors (Lipinski definition) is 0. The van der Waals surface area contributed by atoms with Crippen LogP contribution in [-0.2, 0) is 0 Å². The molecule has 12 aromatic rings. The first-order valence-corrected chi connectivity index (χ1v) is 21.7. The summed E-state index contributed by atoms with van der Waals surface area (Å²) in [6.07, 6.45) is 0. The molecule has 0 fully saturated rings. The van der Waals surface area contributed by atoms with Gasteiger partial charge in [0.25, 0.3) is 0 Å². The van der Waals surface area contributed by atoms with Gasteiger partial charge in [0.05, 0.1) is 21.4 Å². The molecule has 0 atom stereocenters. The Morgan fingerprint density at radius 3 is 1.57 bits per heavy atom. The number of rotatable bonds is 7. The van der Waals surface area contributed by atoms with E-state index >= 15 is 0 Å². The van der Waals surface area contributed by atoms with Crippen molar-refractivity contribution in [3.8, 4) is 39.1 Å². The number of anilines is 3. The molecular formula is C58H38N2S. The Morgan fingerprint density at radius 1 is 0.328 bits per heavy atom. The molecule has 0 amide bonds. The van der Waals surface area contributed by atoms with Crippen molar-refractivity contribution in [2.75, 3.05) is 4.90 Å². The molecule has 0 aliphatic rings. The molecule has 0 aliphatic carbocycles. The van der Waals surface area contributed by atoms with Gasteiger partial charge in [0.2, 0.25) is 0 Å². The lowest BCUT2D eigenvalue weighted by Crippen LogP contribution is -2.10. The number of para-hydroxylation sites is 2. The Balaban J connectivity index is 0.959. The van der Waals surface area contributed by atoms with Gasteiger partial charge in [-0.2, -0.15) is 0 Å². The molecule has 10 aromatic carbocycles. The van der Waals surface area contributed by atoms with E-state index in [-0.39, 0.29) is 0 Å². The van der Waals surface area contributed by atoms with Crippen LogP contribution in [0.3, 0.4) is 0 Å². The van der Waals surface area contributed by atoms with E-state index in [0.29, 0.717) is 0 Å². The normalized spacial score (nSPS) is 11.6. The topological polar surface area (TPSA) is 8.17 Å². The standard InChI is InChI=1S/C58H38N2S/c1-3-14-39(15-4-1)40-26-31-44(32-27-40)59(56-24-13-22-52-51-21-10-12-25-57(51)61-58(52)56)45-33-28-41(29-34-45)46-35-36-47(49-19-8-7-18-48(46)49)42-30-37-55-53(38-42)50-20-9-11-23-54(50)60(55)43-16-5-2-6-17-43/h1-38H. The van der Waals surface area contributed by atoms with Crippen LogP contribution < -0.4 is 4.90 Å². The first-order valence-electron chi connectivity index (χ1n) is 20.8. The van der Waals surface area contributed by atoms with Crippen LogP contribution >= 0.6 is 11.3 Å². The van der Waals surface area contributed by atoms with Crippen molar-refractivity contribution >= 4 is 81.1 Å². The summed E-state index contributed by atoms with van der Waals surface area (Å²) >= 11 is 1.86. The molecule has 2 heterocycles. The Labute approximate surface area is 358 Å². The Bertz CT molecular complexity index is 3560. The highest BCUT2D eigenvalue weighted by Gasteiger charge is 2.20. The predicted molar refractivity (Wildman–Crippen MR) is 262 cm³/mol. The van der Waals surface area contributed by atoms with Crippen LogP contribution in [0, 0.1) is 0 Å². The van der Waals surface area contributed by atoms with E-state index in [1.54, 1.807) is 0 Å². The second-order valence-corrected chi connectivity index (χ2v) is 16.7. The van der Waals surface area contributed by atoms with Crippen molar-refractivity contribution in [1.82, 2.24) is 4.57 Å². The summed E-state index contributed by atoms with van der Waals surface area (Å²) in [5.41, 5.74) is 14.3. The van der Waals surface area contributed by atoms with E-state index in [9.17, 15) is 0 Å². The number of aromatic nitrogens is 1. The lowest BCUT2D eigenvalue weighted by Gasteiger charge is -2.26. The smallest absolute Gasteiger partial charge is 0.0640 e. The van der Waals surface area contributed by atoms with Gasteiger partial charge in [-0.3, -0.25) is 0 Å². The van der Waals surface area contributed by atoms with Crippen LogP contribution in [-0.4, -0.2) is 4.57 Å². The lowest BCUT2D eigenvalue weighted by molar-refractivity contribution is 1.18. The number of nitrogens with zero attached hydrogens (tertiary/aromatic N) is 2. The van der Waals surface area contributed by atoms with E-state index in [2.05, 4.69) is 240 Å². The van der Waals surface area contributed by atoms with Crippen molar-refractivity contribution in [3.05, 3.63) is 231 Å². The fourth-order valence-corrected chi connectivity index (χ4v) is 10.6. The summed E-state index contributed by atoms with van der Waals surface area (Å²) in [6, 6.07) is 84.1. The van der Waals surface area contributed by atoms with Gasteiger partial charge < -0.3 is 9.47 Å². The fourth-order valence-electron chi connectivity index (χ4n) is 9.36. The van der Waals surface area contributed by atoms with Crippen molar-refractivity contribution in [3.63, 3.8) is 0 Å². The van der Waals surface area contributed by atoms with E-state index in [0.717, 1.165) is 11.4 Å². The molecule has 0 N–H and O–H groups in total. The van der Waals surface area contributed by atoms with Crippen molar-refractivity contribution in [1.29, 1.82) is 0 Å². The summed E-state index contributed by atoms with van der Waals surface area (Å²) < 4.78 is 4.96. The van der Waals surface area contributed by atoms with Crippen LogP contribution in [0.15, 0.2) is 231 Å². The zero-order valence-corrected chi connectivity index (χ0v) is 34.1. The largest absolute Gasteiger partial charge is 0.309 e. The third-order valence-electron chi connectivity index (χ3n) is 12.2. The van der Waals surface area contributed by atoms with Gasteiger partial charge in [-0.05, 0) is 111 Å². The maximum Gasteiger partial charge on any atom is 0.0640 e. The minimum Gasteiger partial charge on any atom is -0.309 e. The van der Waals surface area contributed by atoms with Crippen LogP contribution in [0.5, 0.6) is 0 Å². The summed E-state index contributed by atoms with van der Waals surface area (Å²) in [5, 5.41) is 7.58. The lowest BCUT2D eigenvalue weighted by atomic mass is 9.91. The molecule has 61 heavy (non-hydrogen) atoms. The molecule has 0 bridgehead atoms.